The largest absolute Gasteiger partial charge is 0.342 e. The molecule has 2 atom stereocenters. The van der Waals surface area contributed by atoms with Crippen molar-refractivity contribution in [1.29, 1.82) is 0 Å². The maximum Gasteiger partial charge on any atom is 0.222 e. The number of hydrogen-bond acceptors (Lipinski definition) is 2. The fourth-order valence-electron chi connectivity index (χ4n) is 2.28. The molecule has 0 aromatic rings. The summed E-state index contributed by atoms with van der Waals surface area (Å²) in [6, 6.07) is 0. The normalized spacial score (nSPS) is 29.5. The van der Waals surface area contributed by atoms with Crippen LogP contribution in [0.4, 0.5) is 0 Å². The van der Waals surface area contributed by atoms with Crippen LogP contribution >= 0.6 is 0 Å². The van der Waals surface area contributed by atoms with Crippen molar-refractivity contribution < 1.29 is 4.79 Å². The minimum atomic E-state index is 0.324. The lowest BCUT2D eigenvalue weighted by Crippen LogP contribution is -2.31. The first-order valence-electron chi connectivity index (χ1n) is 5.79. The Hall–Kier alpha value is -0.570. The van der Waals surface area contributed by atoms with Crippen molar-refractivity contribution >= 4 is 5.91 Å². The Kier molecular flexibility index (Phi) is 4.39. The highest BCUT2D eigenvalue weighted by Crippen LogP contribution is 2.26. The molecule has 82 valence electrons. The van der Waals surface area contributed by atoms with E-state index in [0.717, 1.165) is 38.0 Å². The molecule has 2 unspecified atom stereocenters. The Morgan fingerprint density at radius 3 is 2.21 bits per heavy atom. The molecule has 0 radical (unpaired) electrons. The summed E-state index contributed by atoms with van der Waals surface area (Å²) < 4.78 is 0. The van der Waals surface area contributed by atoms with Gasteiger partial charge in [0.25, 0.3) is 0 Å². The fourth-order valence-corrected chi connectivity index (χ4v) is 2.28. The molecule has 0 aromatic heterocycles. The number of nitrogens with zero attached hydrogens (tertiary/aromatic N) is 1. The van der Waals surface area contributed by atoms with Gasteiger partial charge in [-0.1, -0.05) is 20.8 Å². The lowest BCUT2D eigenvalue weighted by molar-refractivity contribution is -0.130. The molecule has 0 saturated carbocycles. The SMILES string of the molecule is CC.CCC(=O)N1CC2CNCC2C1. The van der Waals surface area contributed by atoms with Gasteiger partial charge in [-0.3, -0.25) is 4.79 Å². The Labute approximate surface area is 86.9 Å². The lowest BCUT2D eigenvalue weighted by atomic mass is 10.0. The van der Waals surface area contributed by atoms with Crippen LogP contribution in [0.3, 0.4) is 0 Å². The number of rotatable bonds is 1. The van der Waals surface area contributed by atoms with Crippen molar-refractivity contribution in [1.82, 2.24) is 10.2 Å². The molecule has 3 heteroatoms. The predicted molar refractivity (Wildman–Crippen MR) is 58.1 cm³/mol. The topological polar surface area (TPSA) is 32.3 Å². The molecule has 3 nitrogen and oxygen atoms in total. The van der Waals surface area contributed by atoms with Gasteiger partial charge in [-0.2, -0.15) is 0 Å². The zero-order valence-corrected chi connectivity index (χ0v) is 9.55. The Morgan fingerprint density at radius 1 is 1.29 bits per heavy atom. The van der Waals surface area contributed by atoms with Crippen molar-refractivity contribution in [3.63, 3.8) is 0 Å². The summed E-state index contributed by atoms with van der Waals surface area (Å²) in [5.41, 5.74) is 0. The average Bonchev–Trinajstić information content (AvgIpc) is 2.79. The molecule has 1 N–H and O–H groups in total. The third kappa shape index (κ3) is 2.27. The van der Waals surface area contributed by atoms with E-state index in [4.69, 9.17) is 0 Å². The van der Waals surface area contributed by atoms with E-state index >= 15 is 0 Å². The van der Waals surface area contributed by atoms with Gasteiger partial charge in [-0.15, -0.1) is 0 Å². The van der Waals surface area contributed by atoms with Crippen LogP contribution < -0.4 is 5.32 Å². The van der Waals surface area contributed by atoms with Crippen molar-refractivity contribution in [2.45, 2.75) is 27.2 Å². The van der Waals surface area contributed by atoms with Crippen molar-refractivity contribution in [2.24, 2.45) is 11.8 Å². The number of hydrogen-bond donors (Lipinski definition) is 1. The maximum absolute atomic E-state index is 11.4. The highest BCUT2D eigenvalue weighted by molar-refractivity contribution is 5.76. The molecular formula is C11H22N2O. The first kappa shape index (κ1) is 11.5. The van der Waals surface area contributed by atoms with Gasteiger partial charge < -0.3 is 10.2 Å². The fraction of sp³-hybridized carbons (Fsp3) is 0.909. The minimum Gasteiger partial charge on any atom is -0.342 e. The number of fused-ring (bicyclic) bond motifs is 1. The predicted octanol–water partition coefficient (Wildman–Crippen LogP) is 1.10. The molecular weight excluding hydrogens is 176 g/mol. The van der Waals surface area contributed by atoms with E-state index in [2.05, 4.69) is 5.32 Å². The van der Waals surface area contributed by atoms with Crippen LogP contribution in [0.2, 0.25) is 0 Å². The molecule has 2 fully saturated rings. The number of nitrogens with one attached hydrogen (secondary N) is 1. The highest BCUT2D eigenvalue weighted by atomic mass is 16.2. The van der Waals surface area contributed by atoms with Crippen LogP contribution in [-0.2, 0) is 4.79 Å². The van der Waals surface area contributed by atoms with Crippen molar-refractivity contribution in [3.8, 4) is 0 Å². The van der Waals surface area contributed by atoms with Gasteiger partial charge in [-0.25, -0.2) is 0 Å². The second kappa shape index (κ2) is 5.35. The minimum absolute atomic E-state index is 0.324. The van der Waals surface area contributed by atoms with Crippen LogP contribution in [0.1, 0.15) is 27.2 Å². The van der Waals surface area contributed by atoms with Gasteiger partial charge in [0, 0.05) is 32.6 Å². The highest BCUT2D eigenvalue weighted by Gasteiger charge is 2.37. The maximum atomic E-state index is 11.4. The molecule has 2 aliphatic heterocycles. The molecule has 1 amide bonds. The molecule has 0 spiro atoms. The summed E-state index contributed by atoms with van der Waals surface area (Å²) in [6.07, 6.45) is 0.660. The number of carbonyl (C=O) groups excluding carboxylic acids is 1. The van der Waals surface area contributed by atoms with Crippen LogP contribution in [-0.4, -0.2) is 37.0 Å². The molecule has 0 aromatic carbocycles. The first-order valence-corrected chi connectivity index (χ1v) is 5.79. The third-order valence-corrected chi connectivity index (χ3v) is 3.04. The molecule has 2 saturated heterocycles. The average molecular weight is 198 g/mol. The summed E-state index contributed by atoms with van der Waals surface area (Å²) in [5, 5.41) is 3.36. The van der Waals surface area contributed by atoms with Gasteiger partial charge in [0.15, 0.2) is 0 Å². The third-order valence-electron chi connectivity index (χ3n) is 3.04. The number of carbonyl (C=O) groups is 1. The summed E-state index contributed by atoms with van der Waals surface area (Å²) in [5.74, 6) is 1.80. The van der Waals surface area contributed by atoms with E-state index in [1.807, 2.05) is 25.7 Å². The number of likely N-dealkylation sites (tertiary alicyclic amines) is 1. The van der Waals surface area contributed by atoms with Crippen LogP contribution in [0.25, 0.3) is 0 Å². The van der Waals surface area contributed by atoms with Crippen LogP contribution in [0.5, 0.6) is 0 Å². The van der Waals surface area contributed by atoms with E-state index in [1.165, 1.54) is 0 Å². The first-order chi connectivity index (χ1) is 6.81. The molecule has 2 rings (SSSR count). The smallest absolute Gasteiger partial charge is 0.222 e. The lowest BCUT2D eigenvalue weighted by Gasteiger charge is -2.15. The zero-order valence-electron chi connectivity index (χ0n) is 9.55. The summed E-state index contributed by atoms with van der Waals surface area (Å²) >= 11 is 0. The summed E-state index contributed by atoms with van der Waals surface area (Å²) in [4.78, 5) is 13.4. The second-order valence-electron chi connectivity index (χ2n) is 3.83. The quantitative estimate of drug-likeness (QED) is 0.684. The van der Waals surface area contributed by atoms with E-state index in [-0.39, 0.29) is 0 Å². The van der Waals surface area contributed by atoms with Gasteiger partial charge in [0.05, 0.1) is 0 Å². The molecule has 0 bridgehead atoms. The van der Waals surface area contributed by atoms with E-state index in [9.17, 15) is 4.79 Å². The second-order valence-corrected chi connectivity index (χ2v) is 3.83. The Balaban J connectivity index is 0.000000461. The van der Waals surface area contributed by atoms with Crippen LogP contribution in [0.15, 0.2) is 0 Å². The van der Waals surface area contributed by atoms with E-state index in [0.29, 0.717) is 12.3 Å². The standard InChI is InChI=1S/C9H16N2O.C2H6/c1-2-9(12)11-5-7-3-10-4-8(7)6-11;1-2/h7-8,10H,2-6H2,1H3;1-2H3. The van der Waals surface area contributed by atoms with Crippen molar-refractivity contribution in [2.75, 3.05) is 26.2 Å². The zero-order chi connectivity index (χ0) is 10.6. The Bertz CT molecular complexity index is 182. The van der Waals surface area contributed by atoms with Crippen LogP contribution in [0, 0.1) is 11.8 Å². The van der Waals surface area contributed by atoms with E-state index in [1.54, 1.807) is 0 Å². The van der Waals surface area contributed by atoms with E-state index < -0.39 is 0 Å². The monoisotopic (exact) mass is 198 g/mol. The molecule has 14 heavy (non-hydrogen) atoms. The Morgan fingerprint density at radius 2 is 1.79 bits per heavy atom. The molecule has 2 heterocycles. The van der Waals surface area contributed by atoms with Crippen molar-refractivity contribution in [3.05, 3.63) is 0 Å². The van der Waals surface area contributed by atoms with Gasteiger partial charge in [-0.05, 0) is 11.8 Å². The molecule has 0 aliphatic carbocycles. The van der Waals surface area contributed by atoms with Gasteiger partial charge >= 0.3 is 0 Å². The molecule has 2 aliphatic rings. The summed E-state index contributed by atoms with van der Waals surface area (Å²) in [6.45, 7) is 10.1. The number of amides is 1. The van der Waals surface area contributed by atoms with Gasteiger partial charge in [0.2, 0.25) is 5.91 Å². The summed E-state index contributed by atoms with van der Waals surface area (Å²) in [7, 11) is 0. The van der Waals surface area contributed by atoms with Gasteiger partial charge in [0.1, 0.15) is 0 Å².